The summed E-state index contributed by atoms with van der Waals surface area (Å²) in [5.74, 6) is 5.85. The minimum atomic E-state index is -0.0616. The van der Waals surface area contributed by atoms with Gasteiger partial charge in [0.25, 0.3) is 0 Å². The second-order valence-electron chi connectivity index (χ2n) is 4.84. The average Bonchev–Trinajstić information content (AvgIpc) is 2.26. The van der Waals surface area contributed by atoms with Crippen LogP contribution in [0.5, 0.6) is 0 Å². The number of allylic oxidation sites excluding steroid dienone is 1. The topological polar surface area (TPSA) is 12.0 Å². The quantitative estimate of drug-likeness (QED) is 0.496. The van der Waals surface area contributed by atoms with Crippen LogP contribution in [0.15, 0.2) is 24.9 Å². The molecule has 0 heterocycles. The van der Waals surface area contributed by atoms with Crippen LogP contribution >= 0.6 is 0 Å². The van der Waals surface area contributed by atoms with Crippen molar-refractivity contribution in [3.8, 4) is 24.7 Å². The molecule has 0 radical (unpaired) electrons. The molecule has 17 heavy (non-hydrogen) atoms. The first-order valence-electron chi connectivity index (χ1n) is 5.94. The van der Waals surface area contributed by atoms with Crippen LogP contribution < -0.4 is 5.32 Å². The number of terminal acetylenes is 2. The molecule has 0 aliphatic rings. The zero-order valence-electron chi connectivity index (χ0n) is 11.1. The minimum Gasteiger partial charge on any atom is -0.380 e. The number of hydrogen-bond donors (Lipinski definition) is 1. The number of nitrogens with one attached hydrogen (secondary N) is 1. The normalized spacial score (nSPS) is 14.8. The Bertz CT molecular complexity index is 340. The van der Waals surface area contributed by atoms with Gasteiger partial charge in [0.1, 0.15) is 0 Å². The van der Waals surface area contributed by atoms with Crippen molar-refractivity contribution in [2.45, 2.75) is 45.1 Å². The molecule has 1 N–H and O–H groups in total. The van der Waals surface area contributed by atoms with Gasteiger partial charge in [-0.2, -0.15) is 0 Å². The van der Waals surface area contributed by atoms with Crippen molar-refractivity contribution < 1.29 is 0 Å². The molecule has 0 spiro atoms. The van der Waals surface area contributed by atoms with Crippen LogP contribution in [0.2, 0.25) is 0 Å². The summed E-state index contributed by atoms with van der Waals surface area (Å²) in [6.45, 7) is 11.9. The third-order valence-corrected chi connectivity index (χ3v) is 2.80. The molecule has 0 aromatic heterocycles. The van der Waals surface area contributed by atoms with Crippen molar-refractivity contribution in [1.82, 2.24) is 5.32 Å². The molecule has 1 heteroatoms. The third-order valence-electron chi connectivity index (χ3n) is 2.80. The first kappa shape index (κ1) is 15.4. The molecule has 0 aliphatic carbocycles. The van der Waals surface area contributed by atoms with E-state index in [0.29, 0.717) is 5.92 Å². The van der Waals surface area contributed by atoms with E-state index in [1.165, 1.54) is 0 Å². The van der Waals surface area contributed by atoms with Gasteiger partial charge in [0, 0.05) is 24.1 Å². The Balaban J connectivity index is 4.60. The SMILES string of the molecule is C#CCCC(C)(CC(C)CC#C)NC(=C)C=C. The summed E-state index contributed by atoms with van der Waals surface area (Å²) in [7, 11) is 0. The predicted molar refractivity (Wildman–Crippen MR) is 76.2 cm³/mol. The molecular formula is C16H23N. The van der Waals surface area contributed by atoms with E-state index >= 15 is 0 Å². The van der Waals surface area contributed by atoms with E-state index in [1.54, 1.807) is 6.08 Å². The smallest absolute Gasteiger partial charge is 0.0357 e. The molecule has 1 nitrogen and oxygen atoms in total. The highest BCUT2D eigenvalue weighted by molar-refractivity contribution is 5.12. The van der Waals surface area contributed by atoms with Crippen molar-refractivity contribution in [2.75, 3.05) is 0 Å². The first-order valence-corrected chi connectivity index (χ1v) is 5.94. The molecule has 0 rings (SSSR count). The molecule has 0 bridgehead atoms. The van der Waals surface area contributed by atoms with Crippen LogP contribution in [0.1, 0.15) is 39.5 Å². The molecule has 0 aromatic carbocycles. The molecule has 0 saturated heterocycles. The maximum Gasteiger partial charge on any atom is 0.0357 e. The molecule has 0 aliphatic heterocycles. The Morgan fingerprint density at radius 3 is 2.59 bits per heavy atom. The Labute approximate surface area is 106 Å². The van der Waals surface area contributed by atoms with Crippen molar-refractivity contribution in [1.29, 1.82) is 0 Å². The van der Waals surface area contributed by atoms with Crippen molar-refractivity contribution in [3.63, 3.8) is 0 Å². The van der Waals surface area contributed by atoms with Gasteiger partial charge in [-0.3, -0.25) is 0 Å². The van der Waals surface area contributed by atoms with Gasteiger partial charge in [0.15, 0.2) is 0 Å². The fourth-order valence-electron chi connectivity index (χ4n) is 2.04. The molecule has 0 fully saturated rings. The lowest BCUT2D eigenvalue weighted by atomic mass is 9.84. The highest BCUT2D eigenvalue weighted by Gasteiger charge is 2.25. The van der Waals surface area contributed by atoms with Crippen LogP contribution in [0.25, 0.3) is 0 Å². The summed E-state index contributed by atoms with van der Waals surface area (Å²) in [5.41, 5.74) is 0.769. The molecule has 2 atom stereocenters. The van der Waals surface area contributed by atoms with Gasteiger partial charge in [-0.15, -0.1) is 24.7 Å². The third kappa shape index (κ3) is 6.54. The summed E-state index contributed by atoms with van der Waals surface area (Å²) in [6.07, 6.45) is 15.8. The fourth-order valence-corrected chi connectivity index (χ4v) is 2.04. The zero-order chi connectivity index (χ0) is 13.3. The van der Waals surface area contributed by atoms with Gasteiger partial charge in [0.05, 0.1) is 0 Å². The maximum absolute atomic E-state index is 5.34. The van der Waals surface area contributed by atoms with E-state index in [4.69, 9.17) is 12.8 Å². The second-order valence-corrected chi connectivity index (χ2v) is 4.84. The van der Waals surface area contributed by atoms with Gasteiger partial charge < -0.3 is 5.32 Å². The van der Waals surface area contributed by atoms with Crippen LogP contribution in [0, 0.1) is 30.6 Å². The van der Waals surface area contributed by atoms with Gasteiger partial charge in [0.2, 0.25) is 0 Å². The summed E-state index contributed by atoms with van der Waals surface area (Å²) < 4.78 is 0. The molecule has 2 unspecified atom stereocenters. The van der Waals surface area contributed by atoms with Gasteiger partial charge in [-0.25, -0.2) is 0 Å². The summed E-state index contributed by atoms with van der Waals surface area (Å²) in [4.78, 5) is 0. The Kier molecular flexibility index (Phi) is 6.92. The largest absolute Gasteiger partial charge is 0.380 e. The van der Waals surface area contributed by atoms with Crippen LogP contribution in [0.4, 0.5) is 0 Å². The monoisotopic (exact) mass is 229 g/mol. The summed E-state index contributed by atoms with van der Waals surface area (Å²) in [5, 5.41) is 3.39. The van der Waals surface area contributed by atoms with E-state index in [0.717, 1.165) is 31.4 Å². The highest BCUT2D eigenvalue weighted by atomic mass is 15.0. The standard InChI is InChI=1S/C16H23N/c1-7-10-12-16(6,17-15(5)9-3)13-14(4)11-8-2/h1-2,9,14,17H,3,5,10-13H2,4,6H3. The number of rotatable bonds is 8. The Hall–Kier alpha value is -1.60. The molecule has 0 saturated carbocycles. The Morgan fingerprint density at radius 2 is 2.12 bits per heavy atom. The molecule has 0 aromatic rings. The lowest BCUT2D eigenvalue weighted by molar-refractivity contribution is 0.293. The first-order chi connectivity index (χ1) is 7.97. The van der Waals surface area contributed by atoms with E-state index in [1.807, 2.05) is 0 Å². The fraction of sp³-hybridized carbons (Fsp3) is 0.500. The Morgan fingerprint density at radius 1 is 1.47 bits per heavy atom. The highest BCUT2D eigenvalue weighted by Crippen LogP contribution is 2.24. The number of hydrogen-bond acceptors (Lipinski definition) is 1. The summed E-state index contributed by atoms with van der Waals surface area (Å²) in [6, 6.07) is 0. The van der Waals surface area contributed by atoms with Gasteiger partial charge in [-0.05, 0) is 31.8 Å². The lowest BCUT2D eigenvalue weighted by Gasteiger charge is -2.34. The van der Waals surface area contributed by atoms with Gasteiger partial charge >= 0.3 is 0 Å². The van der Waals surface area contributed by atoms with Crippen molar-refractivity contribution >= 4 is 0 Å². The minimum absolute atomic E-state index is 0.0616. The lowest BCUT2D eigenvalue weighted by Crippen LogP contribution is -2.42. The van der Waals surface area contributed by atoms with E-state index in [9.17, 15) is 0 Å². The molecule has 92 valence electrons. The zero-order valence-corrected chi connectivity index (χ0v) is 11.1. The molecule has 0 amide bonds. The predicted octanol–water partition coefficient (Wildman–Crippen LogP) is 3.50. The summed E-state index contributed by atoms with van der Waals surface area (Å²) >= 11 is 0. The van der Waals surface area contributed by atoms with Crippen LogP contribution in [-0.2, 0) is 0 Å². The van der Waals surface area contributed by atoms with Gasteiger partial charge in [-0.1, -0.05) is 20.1 Å². The van der Waals surface area contributed by atoms with E-state index in [-0.39, 0.29) is 5.54 Å². The molecular weight excluding hydrogens is 206 g/mol. The van der Waals surface area contributed by atoms with Crippen molar-refractivity contribution in [3.05, 3.63) is 24.9 Å². The van der Waals surface area contributed by atoms with Crippen LogP contribution in [0.3, 0.4) is 0 Å². The second kappa shape index (κ2) is 7.64. The average molecular weight is 229 g/mol. The van der Waals surface area contributed by atoms with E-state index < -0.39 is 0 Å². The van der Waals surface area contributed by atoms with E-state index in [2.05, 4.69) is 44.2 Å². The van der Waals surface area contributed by atoms with Crippen LogP contribution in [-0.4, -0.2) is 5.54 Å². The van der Waals surface area contributed by atoms with Crippen molar-refractivity contribution in [2.24, 2.45) is 5.92 Å². The maximum atomic E-state index is 5.34.